The summed E-state index contributed by atoms with van der Waals surface area (Å²) in [5.41, 5.74) is 2.73. The van der Waals surface area contributed by atoms with Crippen molar-refractivity contribution in [2.24, 2.45) is 0 Å². The number of allylic oxidation sites excluding steroid dienone is 5. The van der Waals surface area contributed by atoms with Crippen molar-refractivity contribution in [3.05, 3.63) is 36.0 Å². The quantitative estimate of drug-likeness (QED) is 0.450. The third-order valence-corrected chi connectivity index (χ3v) is 2.20. The lowest BCUT2D eigenvalue weighted by molar-refractivity contribution is -0.114. The minimum atomic E-state index is 0.128. The van der Waals surface area contributed by atoms with Crippen molar-refractivity contribution < 1.29 is 4.79 Å². The van der Waals surface area contributed by atoms with Crippen LogP contribution in [-0.4, -0.2) is 5.78 Å². The van der Waals surface area contributed by atoms with Crippen LogP contribution in [0.5, 0.6) is 0 Å². The Morgan fingerprint density at radius 1 is 1.07 bits per heavy atom. The summed E-state index contributed by atoms with van der Waals surface area (Å²) < 4.78 is 0. The van der Waals surface area contributed by atoms with Gasteiger partial charge in [0.2, 0.25) is 0 Å². The van der Waals surface area contributed by atoms with Crippen molar-refractivity contribution in [3.8, 4) is 0 Å². The lowest BCUT2D eigenvalue weighted by Crippen LogP contribution is -1.89. The number of ketones is 1. The van der Waals surface area contributed by atoms with Gasteiger partial charge in [-0.15, -0.1) is 0 Å². The molecule has 0 aliphatic heterocycles. The number of carbonyl (C=O) groups excluding carboxylic acids is 1. The van der Waals surface area contributed by atoms with E-state index in [-0.39, 0.29) is 5.78 Å². The molecule has 0 unspecified atom stereocenters. The van der Waals surface area contributed by atoms with Gasteiger partial charge in [-0.2, -0.15) is 0 Å². The van der Waals surface area contributed by atoms with Gasteiger partial charge in [0.15, 0.2) is 5.78 Å². The fraction of sp³-hybridized carbons (Fsp3) is 0.500. The molecule has 0 aromatic rings. The van der Waals surface area contributed by atoms with Gasteiger partial charge in [0, 0.05) is 6.42 Å². The molecule has 0 aliphatic carbocycles. The monoisotopic (exact) mass is 206 g/mol. The fourth-order valence-corrected chi connectivity index (χ4v) is 1.25. The van der Waals surface area contributed by atoms with Crippen molar-refractivity contribution in [2.45, 2.75) is 46.5 Å². The molecule has 0 saturated carbocycles. The van der Waals surface area contributed by atoms with E-state index >= 15 is 0 Å². The number of rotatable bonds is 7. The minimum Gasteiger partial charge on any atom is -0.295 e. The van der Waals surface area contributed by atoms with Crippen LogP contribution in [0.3, 0.4) is 0 Å². The van der Waals surface area contributed by atoms with E-state index in [4.69, 9.17) is 0 Å². The maximum Gasteiger partial charge on any atom is 0.155 e. The molecule has 0 fully saturated rings. The van der Waals surface area contributed by atoms with E-state index in [1.54, 1.807) is 0 Å². The molecule has 84 valence electrons. The maximum atomic E-state index is 10.9. The third kappa shape index (κ3) is 9.20. The first kappa shape index (κ1) is 13.9. The van der Waals surface area contributed by atoms with Crippen molar-refractivity contribution >= 4 is 5.78 Å². The predicted octanol–water partition coefficient (Wildman–Crippen LogP) is 4.21. The Morgan fingerprint density at radius 3 is 2.20 bits per heavy atom. The summed E-state index contributed by atoms with van der Waals surface area (Å²) >= 11 is 0. The van der Waals surface area contributed by atoms with Crippen LogP contribution in [0.25, 0.3) is 0 Å². The molecule has 0 spiro atoms. The summed E-state index contributed by atoms with van der Waals surface area (Å²) in [6.45, 7) is 9.80. The summed E-state index contributed by atoms with van der Waals surface area (Å²) in [7, 11) is 0. The van der Waals surface area contributed by atoms with E-state index in [0.29, 0.717) is 6.42 Å². The van der Waals surface area contributed by atoms with Crippen molar-refractivity contribution in [1.82, 2.24) is 0 Å². The van der Waals surface area contributed by atoms with Crippen LogP contribution in [0.2, 0.25) is 0 Å². The van der Waals surface area contributed by atoms with E-state index in [1.807, 2.05) is 0 Å². The van der Waals surface area contributed by atoms with E-state index in [2.05, 4.69) is 39.5 Å². The molecule has 0 aromatic heterocycles. The second kappa shape index (κ2) is 8.22. The molecule has 0 aromatic carbocycles. The highest BCUT2D eigenvalue weighted by molar-refractivity contribution is 5.89. The Morgan fingerprint density at radius 2 is 1.67 bits per heavy atom. The maximum absolute atomic E-state index is 10.9. The van der Waals surface area contributed by atoms with E-state index in [0.717, 1.165) is 19.3 Å². The number of hydrogen-bond acceptors (Lipinski definition) is 1. The summed E-state index contributed by atoms with van der Waals surface area (Å²) in [5, 5.41) is 0. The molecular formula is C14H22O. The van der Waals surface area contributed by atoms with Crippen molar-refractivity contribution in [2.75, 3.05) is 0 Å². The molecule has 1 nitrogen and oxygen atoms in total. The Hall–Kier alpha value is -1.11. The second-order valence-corrected chi connectivity index (χ2v) is 4.08. The standard InChI is InChI=1S/C14H22O/c1-5-14(15)11-7-10-13(4)9-6-8-12(2)3/h5,8,10H,1,6-7,9,11H2,2-4H3/b13-10+. The van der Waals surface area contributed by atoms with E-state index in [1.165, 1.54) is 17.2 Å². The van der Waals surface area contributed by atoms with Crippen molar-refractivity contribution in [1.29, 1.82) is 0 Å². The van der Waals surface area contributed by atoms with Crippen LogP contribution in [0, 0.1) is 0 Å². The van der Waals surface area contributed by atoms with Crippen LogP contribution in [0.4, 0.5) is 0 Å². The zero-order chi connectivity index (χ0) is 11.7. The molecule has 0 saturated heterocycles. The smallest absolute Gasteiger partial charge is 0.155 e. The topological polar surface area (TPSA) is 17.1 Å². The molecule has 0 amide bonds. The molecule has 0 rings (SSSR count). The zero-order valence-corrected chi connectivity index (χ0v) is 10.2. The molecule has 1 heteroatoms. The SMILES string of the molecule is C=CC(=O)CC/C=C(\C)CCC=C(C)C. The molecule has 0 N–H and O–H groups in total. The van der Waals surface area contributed by atoms with Crippen LogP contribution >= 0.6 is 0 Å². The Balaban J connectivity index is 3.74. The molecule has 0 bridgehead atoms. The molecular weight excluding hydrogens is 184 g/mol. The van der Waals surface area contributed by atoms with Gasteiger partial charge in [-0.25, -0.2) is 0 Å². The molecule has 0 atom stereocenters. The normalized spacial score (nSPS) is 11.0. The Bertz CT molecular complexity index is 265. The van der Waals surface area contributed by atoms with Crippen LogP contribution in [0.15, 0.2) is 36.0 Å². The average molecular weight is 206 g/mol. The van der Waals surface area contributed by atoms with Gasteiger partial charge in [-0.05, 0) is 46.1 Å². The predicted molar refractivity (Wildman–Crippen MR) is 66.9 cm³/mol. The molecule has 0 radical (unpaired) electrons. The average Bonchev–Trinajstić information content (AvgIpc) is 2.17. The third-order valence-electron chi connectivity index (χ3n) is 2.20. The van der Waals surface area contributed by atoms with Gasteiger partial charge in [0.25, 0.3) is 0 Å². The largest absolute Gasteiger partial charge is 0.295 e. The van der Waals surface area contributed by atoms with E-state index < -0.39 is 0 Å². The summed E-state index contributed by atoms with van der Waals surface area (Å²) in [5.74, 6) is 0.128. The highest BCUT2D eigenvalue weighted by Crippen LogP contribution is 2.08. The first-order chi connectivity index (χ1) is 7.06. The Labute approximate surface area is 93.6 Å². The van der Waals surface area contributed by atoms with Crippen LogP contribution in [-0.2, 0) is 4.79 Å². The molecule has 0 aliphatic rings. The lowest BCUT2D eigenvalue weighted by Gasteiger charge is -1.98. The van der Waals surface area contributed by atoms with Gasteiger partial charge >= 0.3 is 0 Å². The first-order valence-corrected chi connectivity index (χ1v) is 5.50. The van der Waals surface area contributed by atoms with Gasteiger partial charge in [-0.3, -0.25) is 4.79 Å². The fourth-order valence-electron chi connectivity index (χ4n) is 1.25. The van der Waals surface area contributed by atoms with Crippen LogP contribution in [0.1, 0.15) is 46.5 Å². The van der Waals surface area contributed by atoms with Crippen molar-refractivity contribution in [3.63, 3.8) is 0 Å². The molecule has 15 heavy (non-hydrogen) atoms. The summed E-state index contributed by atoms with van der Waals surface area (Å²) in [4.78, 5) is 10.9. The Kier molecular flexibility index (Phi) is 7.61. The van der Waals surface area contributed by atoms with Crippen LogP contribution < -0.4 is 0 Å². The van der Waals surface area contributed by atoms with Gasteiger partial charge in [-0.1, -0.05) is 29.9 Å². The molecule has 0 heterocycles. The van der Waals surface area contributed by atoms with Gasteiger partial charge in [0.1, 0.15) is 0 Å². The highest BCUT2D eigenvalue weighted by atomic mass is 16.1. The number of hydrogen-bond donors (Lipinski definition) is 0. The second-order valence-electron chi connectivity index (χ2n) is 4.08. The highest BCUT2D eigenvalue weighted by Gasteiger charge is 1.93. The van der Waals surface area contributed by atoms with Gasteiger partial charge < -0.3 is 0 Å². The number of carbonyl (C=O) groups is 1. The summed E-state index contributed by atoms with van der Waals surface area (Å²) in [6.07, 6.45) is 9.40. The lowest BCUT2D eigenvalue weighted by atomic mass is 10.1. The van der Waals surface area contributed by atoms with Gasteiger partial charge in [0.05, 0.1) is 0 Å². The first-order valence-electron chi connectivity index (χ1n) is 5.50. The summed E-state index contributed by atoms with van der Waals surface area (Å²) in [6, 6.07) is 0. The minimum absolute atomic E-state index is 0.128. The van der Waals surface area contributed by atoms with E-state index in [9.17, 15) is 4.79 Å². The zero-order valence-electron chi connectivity index (χ0n) is 10.2.